The maximum atomic E-state index is 5.81. The Hall–Kier alpha value is -2.43. The molecule has 1 aromatic carbocycles. The lowest BCUT2D eigenvalue weighted by atomic mass is 10.1. The molecule has 0 bridgehead atoms. The molecule has 0 aliphatic heterocycles. The summed E-state index contributed by atoms with van der Waals surface area (Å²) in [5, 5.41) is 0. The normalized spacial score (nSPS) is 13.8. The van der Waals surface area contributed by atoms with Gasteiger partial charge in [-0.15, -0.1) is 0 Å². The summed E-state index contributed by atoms with van der Waals surface area (Å²) in [7, 11) is 0. The van der Waals surface area contributed by atoms with Gasteiger partial charge in [0.15, 0.2) is 11.5 Å². The summed E-state index contributed by atoms with van der Waals surface area (Å²) in [5.41, 5.74) is 11.5. The minimum Gasteiger partial charge on any atom is -0.382 e. The van der Waals surface area contributed by atoms with Crippen molar-refractivity contribution in [3.05, 3.63) is 47.5 Å². The smallest absolute Gasteiger partial charge is 0.165 e. The van der Waals surface area contributed by atoms with E-state index in [-0.39, 0.29) is 0 Å². The molecular formula is C15H15N5. The zero-order valence-corrected chi connectivity index (χ0v) is 11.1. The van der Waals surface area contributed by atoms with E-state index in [1.807, 2.05) is 4.57 Å². The number of aromatic nitrogens is 4. The first-order chi connectivity index (χ1) is 9.81. The lowest BCUT2D eigenvalue weighted by Crippen LogP contribution is -2.01. The van der Waals surface area contributed by atoms with Gasteiger partial charge in [0.2, 0.25) is 0 Å². The van der Waals surface area contributed by atoms with Gasteiger partial charge in [-0.2, -0.15) is 0 Å². The zero-order chi connectivity index (χ0) is 13.5. The van der Waals surface area contributed by atoms with E-state index in [1.54, 1.807) is 6.33 Å². The van der Waals surface area contributed by atoms with E-state index in [1.165, 1.54) is 42.3 Å². The van der Waals surface area contributed by atoms with Gasteiger partial charge < -0.3 is 10.3 Å². The van der Waals surface area contributed by atoms with E-state index in [4.69, 9.17) is 5.73 Å². The van der Waals surface area contributed by atoms with Gasteiger partial charge in [-0.1, -0.05) is 18.2 Å². The lowest BCUT2D eigenvalue weighted by Gasteiger charge is -2.06. The number of nitrogen functional groups attached to an aromatic ring is 1. The van der Waals surface area contributed by atoms with Crippen LogP contribution in [0.25, 0.3) is 11.2 Å². The van der Waals surface area contributed by atoms with Crippen LogP contribution in [0.2, 0.25) is 0 Å². The molecule has 2 heterocycles. The Morgan fingerprint density at radius 1 is 1.10 bits per heavy atom. The van der Waals surface area contributed by atoms with Crippen molar-refractivity contribution in [2.45, 2.75) is 25.8 Å². The maximum Gasteiger partial charge on any atom is 0.165 e. The van der Waals surface area contributed by atoms with Crippen LogP contribution in [-0.2, 0) is 19.4 Å². The molecule has 0 saturated carbocycles. The molecule has 4 rings (SSSR count). The summed E-state index contributed by atoms with van der Waals surface area (Å²) in [6.07, 6.45) is 6.95. The van der Waals surface area contributed by atoms with Crippen molar-refractivity contribution < 1.29 is 0 Å². The highest BCUT2D eigenvalue weighted by atomic mass is 15.1. The maximum absolute atomic E-state index is 5.81. The topological polar surface area (TPSA) is 69.6 Å². The first-order valence-electron chi connectivity index (χ1n) is 6.83. The van der Waals surface area contributed by atoms with Crippen molar-refractivity contribution in [1.29, 1.82) is 0 Å². The third-order valence-electron chi connectivity index (χ3n) is 3.95. The van der Waals surface area contributed by atoms with Crippen LogP contribution in [0.4, 0.5) is 5.82 Å². The third-order valence-corrected chi connectivity index (χ3v) is 3.95. The number of benzene rings is 1. The highest BCUT2D eigenvalue weighted by molar-refractivity contribution is 5.81. The highest BCUT2D eigenvalue weighted by Crippen LogP contribution is 2.24. The van der Waals surface area contributed by atoms with Crippen molar-refractivity contribution >= 4 is 17.0 Å². The number of rotatable bonds is 2. The Morgan fingerprint density at radius 3 is 2.95 bits per heavy atom. The van der Waals surface area contributed by atoms with Gasteiger partial charge in [0.25, 0.3) is 0 Å². The molecule has 0 saturated heterocycles. The summed E-state index contributed by atoms with van der Waals surface area (Å²) < 4.78 is 2.02. The standard InChI is InChI=1S/C15H15N5/c16-14-13-15(18-8-17-14)20(9-19-13)7-10-4-5-11-2-1-3-12(11)6-10/h4-6,8-9H,1-3,7H2,(H2,16,17,18). The Bertz CT molecular complexity index is 790. The Morgan fingerprint density at radius 2 is 2.00 bits per heavy atom. The van der Waals surface area contributed by atoms with E-state index >= 15 is 0 Å². The van der Waals surface area contributed by atoms with Gasteiger partial charge in [0.1, 0.15) is 11.8 Å². The molecule has 0 radical (unpaired) electrons. The molecule has 2 aromatic heterocycles. The quantitative estimate of drug-likeness (QED) is 0.768. The van der Waals surface area contributed by atoms with E-state index < -0.39 is 0 Å². The lowest BCUT2D eigenvalue weighted by molar-refractivity contribution is 0.811. The number of hydrogen-bond acceptors (Lipinski definition) is 4. The van der Waals surface area contributed by atoms with Gasteiger partial charge in [-0.05, 0) is 36.0 Å². The summed E-state index contributed by atoms with van der Waals surface area (Å²) in [4.78, 5) is 12.5. The van der Waals surface area contributed by atoms with Crippen LogP contribution in [0.15, 0.2) is 30.9 Å². The van der Waals surface area contributed by atoms with E-state index in [2.05, 4.69) is 33.2 Å². The average Bonchev–Trinajstić information content (AvgIpc) is 3.06. The summed E-state index contributed by atoms with van der Waals surface area (Å²) >= 11 is 0. The fourth-order valence-electron chi connectivity index (χ4n) is 2.93. The van der Waals surface area contributed by atoms with Crippen LogP contribution < -0.4 is 5.73 Å². The molecule has 20 heavy (non-hydrogen) atoms. The number of nitrogens with two attached hydrogens (primary N) is 1. The largest absolute Gasteiger partial charge is 0.382 e. The van der Waals surface area contributed by atoms with Gasteiger partial charge in [-0.25, -0.2) is 15.0 Å². The molecule has 5 nitrogen and oxygen atoms in total. The molecule has 0 unspecified atom stereocenters. The summed E-state index contributed by atoms with van der Waals surface area (Å²) in [6.45, 7) is 0.764. The molecule has 1 aliphatic rings. The van der Waals surface area contributed by atoms with Crippen LogP contribution >= 0.6 is 0 Å². The van der Waals surface area contributed by atoms with E-state index in [0.717, 1.165) is 12.2 Å². The molecule has 5 heteroatoms. The second-order valence-corrected chi connectivity index (χ2v) is 5.26. The predicted octanol–water partition coefficient (Wildman–Crippen LogP) is 1.95. The molecule has 0 fully saturated rings. The average molecular weight is 265 g/mol. The number of aryl methyl sites for hydroxylation is 2. The SMILES string of the molecule is Nc1ncnc2c1ncn2Cc1ccc2c(c1)CCC2. The first kappa shape index (κ1) is 11.4. The van der Waals surface area contributed by atoms with Crippen LogP contribution in [0, 0.1) is 0 Å². The molecule has 0 atom stereocenters. The molecule has 0 spiro atoms. The molecule has 3 aromatic rings. The summed E-state index contributed by atoms with van der Waals surface area (Å²) in [5.74, 6) is 0.433. The fraction of sp³-hybridized carbons (Fsp3) is 0.267. The second kappa shape index (κ2) is 4.30. The number of hydrogen-bond donors (Lipinski definition) is 1. The fourth-order valence-corrected chi connectivity index (χ4v) is 2.93. The Kier molecular flexibility index (Phi) is 2.45. The van der Waals surface area contributed by atoms with Crippen LogP contribution in [0.5, 0.6) is 0 Å². The van der Waals surface area contributed by atoms with Crippen LogP contribution in [0.3, 0.4) is 0 Å². The van der Waals surface area contributed by atoms with Gasteiger partial charge in [0, 0.05) is 0 Å². The Labute approximate surface area is 116 Å². The number of fused-ring (bicyclic) bond motifs is 2. The predicted molar refractivity (Wildman–Crippen MR) is 77.3 cm³/mol. The van der Waals surface area contributed by atoms with Crippen LogP contribution in [-0.4, -0.2) is 19.5 Å². The van der Waals surface area contributed by atoms with Crippen molar-refractivity contribution in [2.75, 3.05) is 5.73 Å². The van der Waals surface area contributed by atoms with Crippen molar-refractivity contribution in [3.63, 3.8) is 0 Å². The van der Waals surface area contributed by atoms with Gasteiger partial charge in [0.05, 0.1) is 12.9 Å². The van der Waals surface area contributed by atoms with E-state index in [9.17, 15) is 0 Å². The molecular weight excluding hydrogens is 250 g/mol. The number of anilines is 1. The number of imidazole rings is 1. The third kappa shape index (κ3) is 1.74. The monoisotopic (exact) mass is 265 g/mol. The molecule has 2 N–H and O–H groups in total. The molecule has 0 amide bonds. The molecule has 100 valence electrons. The molecule has 1 aliphatic carbocycles. The number of nitrogens with zero attached hydrogens (tertiary/aromatic N) is 4. The minimum absolute atomic E-state index is 0.433. The minimum atomic E-state index is 0.433. The van der Waals surface area contributed by atoms with Gasteiger partial charge in [-0.3, -0.25) is 0 Å². The van der Waals surface area contributed by atoms with Crippen LogP contribution in [0.1, 0.15) is 23.1 Å². The van der Waals surface area contributed by atoms with Crippen molar-refractivity contribution in [3.8, 4) is 0 Å². The zero-order valence-electron chi connectivity index (χ0n) is 11.1. The van der Waals surface area contributed by atoms with Gasteiger partial charge >= 0.3 is 0 Å². The Balaban J connectivity index is 1.72. The second-order valence-electron chi connectivity index (χ2n) is 5.26. The van der Waals surface area contributed by atoms with E-state index in [0.29, 0.717) is 11.3 Å². The first-order valence-corrected chi connectivity index (χ1v) is 6.83. The van der Waals surface area contributed by atoms with Crippen molar-refractivity contribution in [1.82, 2.24) is 19.5 Å². The summed E-state index contributed by atoms with van der Waals surface area (Å²) in [6, 6.07) is 6.75. The highest BCUT2D eigenvalue weighted by Gasteiger charge is 2.12. The van der Waals surface area contributed by atoms with Crippen molar-refractivity contribution in [2.24, 2.45) is 0 Å².